The van der Waals surface area contributed by atoms with Gasteiger partial charge in [-0.25, -0.2) is 0 Å². The first-order valence-electron chi connectivity index (χ1n) is 9.51. The van der Waals surface area contributed by atoms with Crippen LogP contribution in [0.1, 0.15) is 56.4 Å². The summed E-state index contributed by atoms with van der Waals surface area (Å²) in [7, 11) is 0. The highest BCUT2D eigenvalue weighted by atomic mass is 32.1. The zero-order valence-electron chi connectivity index (χ0n) is 14.5. The molecule has 0 amide bonds. The Bertz CT molecular complexity index is 677. The lowest BCUT2D eigenvalue weighted by Gasteiger charge is -2.57. The summed E-state index contributed by atoms with van der Waals surface area (Å²) in [6.07, 6.45) is 7.60. The zero-order valence-corrected chi connectivity index (χ0v) is 15.3. The van der Waals surface area contributed by atoms with Crippen LogP contribution in [0.4, 0.5) is 0 Å². The number of hydrazone groups is 1. The smallest absolute Gasteiger partial charge is 0.184 e. The van der Waals surface area contributed by atoms with Crippen molar-refractivity contribution in [1.29, 1.82) is 0 Å². The normalized spacial score (nSPS) is 38.8. The molecule has 0 aromatic heterocycles. The van der Waals surface area contributed by atoms with Gasteiger partial charge in [0.25, 0.3) is 0 Å². The first kappa shape index (κ1) is 17.0. The highest BCUT2D eigenvalue weighted by molar-refractivity contribution is 7.80. The Morgan fingerprint density at radius 1 is 1.16 bits per heavy atom. The number of thiocarbonyl (C=S) groups is 1. The monoisotopic (exact) mass is 357 g/mol. The van der Waals surface area contributed by atoms with Gasteiger partial charge in [-0.3, -0.25) is 5.43 Å². The van der Waals surface area contributed by atoms with Gasteiger partial charge in [0, 0.05) is 17.5 Å². The molecule has 3 aliphatic rings. The number of nitrogens with zero attached hydrogens (tertiary/aromatic N) is 1. The van der Waals surface area contributed by atoms with Crippen LogP contribution in [0.2, 0.25) is 0 Å². The molecule has 0 unspecified atom stereocenters. The molecule has 3 saturated carbocycles. The molecule has 25 heavy (non-hydrogen) atoms. The fraction of sp³-hybridized carbons (Fsp3) is 0.600. The minimum absolute atomic E-state index is 0.137. The van der Waals surface area contributed by atoms with Gasteiger partial charge in [0.05, 0.1) is 5.60 Å². The van der Waals surface area contributed by atoms with Crippen molar-refractivity contribution in [3.63, 3.8) is 0 Å². The van der Waals surface area contributed by atoms with E-state index in [0.717, 1.165) is 44.2 Å². The SMILES string of the molecule is NC(=S)N/N=C1/[C@H]2CCC[C@H]1[C@]1(O)CCCC[C@@H]1[C@@H]2c1ccccc1. The fourth-order valence-electron chi connectivity index (χ4n) is 5.80. The van der Waals surface area contributed by atoms with E-state index in [-0.39, 0.29) is 11.0 Å². The number of nitrogens with two attached hydrogens (primary N) is 1. The van der Waals surface area contributed by atoms with Crippen LogP contribution in [-0.2, 0) is 0 Å². The van der Waals surface area contributed by atoms with Crippen molar-refractivity contribution in [3.8, 4) is 0 Å². The Kier molecular flexibility index (Phi) is 4.54. The highest BCUT2D eigenvalue weighted by Crippen LogP contribution is 2.58. The maximum atomic E-state index is 11.8. The van der Waals surface area contributed by atoms with Gasteiger partial charge < -0.3 is 10.8 Å². The van der Waals surface area contributed by atoms with Crippen molar-refractivity contribution < 1.29 is 5.11 Å². The largest absolute Gasteiger partial charge is 0.389 e. The quantitative estimate of drug-likeness (QED) is 0.561. The summed E-state index contributed by atoms with van der Waals surface area (Å²) in [4.78, 5) is 0. The van der Waals surface area contributed by atoms with Gasteiger partial charge in [-0.05, 0) is 55.3 Å². The van der Waals surface area contributed by atoms with Gasteiger partial charge in [-0.2, -0.15) is 5.10 Å². The molecule has 134 valence electrons. The molecule has 3 fully saturated rings. The lowest BCUT2D eigenvalue weighted by molar-refractivity contribution is -0.111. The second-order valence-corrected chi connectivity index (χ2v) is 8.32. The molecule has 4 nitrogen and oxygen atoms in total. The molecule has 4 N–H and O–H groups in total. The summed E-state index contributed by atoms with van der Waals surface area (Å²) < 4.78 is 0. The molecule has 0 spiro atoms. The lowest BCUT2D eigenvalue weighted by atomic mass is 9.49. The molecule has 0 heterocycles. The summed E-state index contributed by atoms with van der Waals surface area (Å²) >= 11 is 4.96. The zero-order chi connectivity index (χ0) is 17.4. The summed E-state index contributed by atoms with van der Waals surface area (Å²) in [6.45, 7) is 0. The van der Waals surface area contributed by atoms with E-state index in [4.69, 9.17) is 18.0 Å². The minimum atomic E-state index is -0.646. The Morgan fingerprint density at radius 3 is 2.72 bits per heavy atom. The fourth-order valence-corrected chi connectivity index (χ4v) is 5.84. The van der Waals surface area contributed by atoms with E-state index in [0.29, 0.717) is 17.8 Å². The number of hydrogen-bond donors (Lipinski definition) is 3. The second kappa shape index (κ2) is 6.69. The van der Waals surface area contributed by atoms with Crippen LogP contribution in [0.25, 0.3) is 0 Å². The van der Waals surface area contributed by atoms with Gasteiger partial charge >= 0.3 is 0 Å². The Balaban J connectivity index is 1.81. The van der Waals surface area contributed by atoms with Crippen LogP contribution in [0.15, 0.2) is 35.4 Å². The number of hydrogen-bond acceptors (Lipinski definition) is 3. The predicted molar refractivity (Wildman–Crippen MR) is 104 cm³/mol. The highest BCUT2D eigenvalue weighted by Gasteiger charge is 2.58. The van der Waals surface area contributed by atoms with Crippen LogP contribution in [0.3, 0.4) is 0 Å². The number of benzene rings is 1. The molecule has 0 saturated heterocycles. The maximum Gasteiger partial charge on any atom is 0.184 e. The van der Waals surface area contributed by atoms with Gasteiger partial charge in [0.1, 0.15) is 0 Å². The number of rotatable bonds is 2. The molecular weight excluding hydrogens is 330 g/mol. The third kappa shape index (κ3) is 2.87. The lowest BCUT2D eigenvalue weighted by Crippen LogP contribution is -2.61. The topological polar surface area (TPSA) is 70.6 Å². The molecule has 1 aromatic rings. The van der Waals surface area contributed by atoms with Crippen molar-refractivity contribution in [3.05, 3.63) is 35.9 Å². The second-order valence-electron chi connectivity index (χ2n) is 7.88. The predicted octanol–water partition coefficient (Wildman–Crippen LogP) is 3.31. The molecule has 4 rings (SSSR count). The maximum absolute atomic E-state index is 11.8. The van der Waals surface area contributed by atoms with E-state index < -0.39 is 5.60 Å². The molecule has 0 radical (unpaired) electrons. The van der Waals surface area contributed by atoms with E-state index in [1.54, 1.807) is 0 Å². The van der Waals surface area contributed by atoms with Crippen LogP contribution >= 0.6 is 12.2 Å². The summed E-state index contributed by atoms with van der Waals surface area (Å²) in [5.74, 6) is 1.16. The molecule has 2 bridgehead atoms. The first-order valence-corrected chi connectivity index (χ1v) is 9.92. The average molecular weight is 358 g/mol. The summed E-state index contributed by atoms with van der Waals surface area (Å²) in [5.41, 5.74) is 10.2. The Morgan fingerprint density at radius 2 is 1.96 bits per heavy atom. The van der Waals surface area contributed by atoms with E-state index in [1.807, 2.05) is 0 Å². The molecule has 0 aliphatic heterocycles. The average Bonchev–Trinajstić information content (AvgIpc) is 2.62. The standard InChI is InChI=1S/C20H27N3OS/c21-19(25)23-22-18-14-9-6-11-16(18)20(24)12-5-4-10-15(20)17(14)13-7-2-1-3-8-13/h1-3,7-8,14-17,24H,4-6,9-12H2,(H3,21,23,25)/b22-18-/t14-,15+,16+,17+,20-/m0/s1. The van der Waals surface area contributed by atoms with Crippen LogP contribution in [0.5, 0.6) is 0 Å². The van der Waals surface area contributed by atoms with E-state index in [9.17, 15) is 5.11 Å². The van der Waals surface area contributed by atoms with Crippen molar-refractivity contribution >= 4 is 23.0 Å². The molecular formula is C20H27N3OS. The summed E-state index contributed by atoms with van der Waals surface area (Å²) in [5, 5.41) is 16.6. The van der Waals surface area contributed by atoms with E-state index >= 15 is 0 Å². The first-order chi connectivity index (χ1) is 12.1. The van der Waals surface area contributed by atoms with Gasteiger partial charge in [0.15, 0.2) is 5.11 Å². The van der Waals surface area contributed by atoms with Crippen molar-refractivity contribution in [2.75, 3.05) is 0 Å². The van der Waals surface area contributed by atoms with E-state index in [1.165, 1.54) is 12.0 Å². The third-order valence-corrected chi connectivity index (χ3v) is 6.77. The Labute approximate surface area is 154 Å². The molecule has 5 heteroatoms. The van der Waals surface area contributed by atoms with Gasteiger partial charge in [-0.15, -0.1) is 0 Å². The van der Waals surface area contributed by atoms with Crippen molar-refractivity contribution in [1.82, 2.24) is 5.43 Å². The van der Waals surface area contributed by atoms with Crippen molar-refractivity contribution in [2.24, 2.45) is 28.6 Å². The minimum Gasteiger partial charge on any atom is -0.389 e. The number of nitrogens with one attached hydrogen (secondary N) is 1. The Hall–Kier alpha value is -1.46. The van der Waals surface area contributed by atoms with Gasteiger partial charge in [-0.1, -0.05) is 49.6 Å². The number of aliphatic hydroxyl groups is 1. The van der Waals surface area contributed by atoms with Crippen LogP contribution in [-0.4, -0.2) is 21.5 Å². The third-order valence-electron chi connectivity index (χ3n) is 6.68. The van der Waals surface area contributed by atoms with E-state index in [2.05, 4.69) is 40.9 Å². The van der Waals surface area contributed by atoms with Gasteiger partial charge in [0.2, 0.25) is 0 Å². The van der Waals surface area contributed by atoms with Crippen molar-refractivity contribution in [2.45, 2.75) is 56.5 Å². The molecule has 3 aliphatic carbocycles. The molecule has 5 atom stereocenters. The van der Waals surface area contributed by atoms with Crippen LogP contribution < -0.4 is 11.2 Å². The number of fused-ring (bicyclic) bond motifs is 4. The summed E-state index contributed by atoms with van der Waals surface area (Å²) in [6, 6.07) is 10.7. The van der Waals surface area contributed by atoms with Crippen LogP contribution in [0, 0.1) is 17.8 Å². The molecule has 1 aromatic carbocycles.